The highest BCUT2D eigenvalue weighted by atomic mass is 19.1. The second-order valence-electron chi connectivity index (χ2n) is 7.08. The molecule has 8 nitrogen and oxygen atoms in total. The maximum absolute atomic E-state index is 14.2. The van der Waals surface area contributed by atoms with Crippen molar-refractivity contribution in [2.24, 2.45) is 5.73 Å². The van der Waals surface area contributed by atoms with Gasteiger partial charge in [-0.1, -0.05) is 0 Å². The smallest absolute Gasteiger partial charge is 0.274 e. The van der Waals surface area contributed by atoms with Gasteiger partial charge in [-0.05, 0) is 36.8 Å². The summed E-state index contributed by atoms with van der Waals surface area (Å²) in [5.41, 5.74) is 7.82. The van der Waals surface area contributed by atoms with E-state index in [0.29, 0.717) is 30.8 Å². The van der Waals surface area contributed by atoms with Crippen LogP contribution in [0.3, 0.4) is 0 Å². The minimum Gasteiger partial charge on any atom is -0.391 e. The summed E-state index contributed by atoms with van der Waals surface area (Å²) in [6.45, 7) is 1.05. The number of nitrogens with zero attached hydrogens (tertiary/aromatic N) is 4. The number of hydrogen-bond acceptors (Lipinski definition) is 7. The van der Waals surface area contributed by atoms with Gasteiger partial charge in [0.2, 0.25) is 0 Å². The van der Waals surface area contributed by atoms with Crippen LogP contribution in [0, 0.1) is 5.82 Å². The lowest BCUT2D eigenvalue weighted by atomic mass is 10.0. The van der Waals surface area contributed by atoms with Crippen molar-refractivity contribution in [3.8, 4) is 11.3 Å². The lowest BCUT2D eigenvalue weighted by Crippen LogP contribution is -2.51. The third kappa shape index (κ3) is 4.12. The first-order chi connectivity index (χ1) is 14.5. The van der Waals surface area contributed by atoms with Crippen molar-refractivity contribution in [3.63, 3.8) is 0 Å². The minimum absolute atomic E-state index is 0.0538. The molecule has 1 aliphatic rings. The molecule has 1 amide bonds. The molecular weight excluding hydrogens is 387 g/mol. The van der Waals surface area contributed by atoms with Crippen LogP contribution in [0.4, 0.5) is 15.8 Å². The normalized spacial score (nSPS) is 18.8. The number of hydrogen-bond donors (Lipinski definition) is 3. The fourth-order valence-corrected chi connectivity index (χ4v) is 3.41. The first kappa shape index (κ1) is 19.9. The molecule has 3 aromatic rings. The number of pyridine rings is 3. The van der Waals surface area contributed by atoms with Gasteiger partial charge < -0.3 is 21.1 Å². The van der Waals surface area contributed by atoms with Crippen LogP contribution in [0.15, 0.2) is 55.1 Å². The van der Waals surface area contributed by atoms with Crippen LogP contribution in [-0.2, 0) is 0 Å². The molecule has 1 saturated heterocycles. The van der Waals surface area contributed by atoms with Crippen molar-refractivity contribution in [3.05, 3.63) is 66.6 Å². The molecule has 9 heteroatoms. The summed E-state index contributed by atoms with van der Waals surface area (Å²) in [5.74, 6) is -1.03. The topological polar surface area (TPSA) is 117 Å². The van der Waals surface area contributed by atoms with Crippen LogP contribution in [-0.4, -0.2) is 51.2 Å². The van der Waals surface area contributed by atoms with Gasteiger partial charge >= 0.3 is 0 Å². The monoisotopic (exact) mass is 408 g/mol. The average molecular weight is 408 g/mol. The third-order valence-electron chi connectivity index (χ3n) is 5.02. The van der Waals surface area contributed by atoms with Gasteiger partial charge in [0.05, 0.1) is 23.7 Å². The van der Waals surface area contributed by atoms with E-state index in [4.69, 9.17) is 5.73 Å². The first-order valence-electron chi connectivity index (χ1n) is 9.54. The molecule has 2 atom stereocenters. The van der Waals surface area contributed by atoms with Crippen molar-refractivity contribution in [2.45, 2.75) is 18.6 Å². The van der Waals surface area contributed by atoms with Gasteiger partial charge in [-0.3, -0.25) is 14.8 Å². The molecule has 4 rings (SSSR count). The van der Waals surface area contributed by atoms with E-state index in [1.807, 2.05) is 4.90 Å². The fraction of sp³-hybridized carbons (Fsp3) is 0.238. The second kappa shape index (κ2) is 8.52. The highest BCUT2D eigenvalue weighted by molar-refractivity contribution is 6.04. The average Bonchev–Trinajstić information content (AvgIpc) is 2.77. The van der Waals surface area contributed by atoms with Gasteiger partial charge in [0.25, 0.3) is 5.91 Å². The van der Waals surface area contributed by atoms with Gasteiger partial charge in [-0.15, -0.1) is 0 Å². The Bertz CT molecular complexity index is 1050. The zero-order valence-electron chi connectivity index (χ0n) is 16.1. The van der Waals surface area contributed by atoms with Crippen LogP contribution in [0.2, 0.25) is 0 Å². The van der Waals surface area contributed by atoms with Gasteiger partial charge in [0.1, 0.15) is 17.2 Å². The Morgan fingerprint density at radius 3 is 2.80 bits per heavy atom. The number of nitrogens with two attached hydrogens (primary N) is 1. The number of aliphatic hydroxyl groups excluding tert-OH is 1. The Labute approximate surface area is 172 Å². The summed E-state index contributed by atoms with van der Waals surface area (Å²) in [6.07, 6.45) is 6.21. The number of carbonyl (C=O) groups is 1. The number of piperidine rings is 1. The Morgan fingerprint density at radius 2 is 2.03 bits per heavy atom. The van der Waals surface area contributed by atoms with Crippen LogP contribution >= 0.6 is 0 Å². The highest BCUT2D eigenvalue weighted by Gasteiger charge is 2.26. The molecule has 1 fully saturated rings. The van der Waals surface area contributed by atoms with Crippen LogP contribution in [0.25, 0.3) is 11.3 Å². The largest absolute Gasteiger partial charge is 0.391 e. The van der Waals surface area contributed by atoms with E-state index in [0.717, 1.165) is 5.69 Å². The van der Waals surface area contributed by atoms with Gasteiger partial charge in [0, 0.05) is 43.3 Å². The molecule has 3 aromatic heterocycles. The number of carbonyl (C=O) groups excluding carboxylic acids is 1. The van der Waals surface area contributed by atoms with Crippen molar-refractivity contribution in [1.82, 2.24) is 15.0 Å². The minimum atomic E-state index is -0.546. The summed E-state index contributed by atoms with van der Waals surface area (Å²) in [7, 11) is 0. The van der Waals surface area contributed by atoms with E-state index in [2.05, 4.69) is 20.3 Å². The second-order valence-corrected chi connectivity index (χ2v) is 7.08. The molecule has 0 radical (unpaired) electrons. The molecule has 0 saturated carbocycles. The number of amides is 1. The third-order valence-corrected chi connectivity index (χ3v) is 5.02. The Kier molecular flexibility index (Phi) is 5.64. The number of nitrogens with one attached hydrogen (secondary N) is 1. The first-order valence-corrected chi connectivity index (χ1v) is 9.54. The quantitative estimate of drug-likeness (QED) is 0.603. The van der Waals surface area contributed by atoms with Crippen molar-refractivity contribution in [2.75, 3.05) is 23.3 Å². The maximum atomic E-state index is 14.2. The predicted molar refractivity (Wildman–Crippen MR) is 110 cm³/mol. The molecule has 4 heterocycles. The van der Waals surface area contributed by atoms with E-state index < -0.39 is 17.8 Å². The molecule has 2 unspecified atom stereocenters. The molecule has 4 N–H and O–H groups in total. The van der Waals surface area contributed by atoms with Gasteiger partial charge in [0.15, 0.2) is 0 Å². The lowest BCUT2D eigenvalue weighted by Gasteiger charge is -2.36. The van der Waals surface area contributed by atoms with Crippen molar-refractivity contribution >= 4 is 17.3 Å². The molecule has 154 valence electrons. The number of halogens is 1. The molecule has 30 heavy (non-hydrogen) atoms. The van der Waals surface area contributed by atoms with E-state index in [9.17, 15) is 14.3 Å². The van der Waals surface area contributed by atoms with Crippen molar-refractivity contribution < 1.29 is 14.3 Å². The molecule has 0 spiro atoms. The zero-order valence-corrected chi connectivity index (χ0v) is 16.1. The number of rotatable bonds is 4. The molecular formula is C21H21FN6O2. The van der Waals surface area contributed by atoms with Crippen molar-refractivity contribution in [1.29, 1.82) is 0 Å². The summed E-state index contributed by atoms with van der Waals surface area (Å²) in [5, 5.41) is 12.7. The van der Waals surface area contributed by atoms with Crippen LogP contribution < -0.4 is 16.0 Å². The van der Waals surface area contributed by atoms with E-state index in [1.54, 1.807) is 30.6 Å². The standard InChI is InChI=1S/C21H21FN6O2/c22-14-3-4-16(26-20(14)13-2-1-7-24-10-13)21(30)27-17-11-25-8-5-18(17)28-9-6-19(29)15(23)12-28/h1-5,7-8,10-11,15,19,29H,6,9,12,23H2,(H,27,30). The fourth-order valence-electron chi connectivity index (χ4n) is 3.41. The van der Waals surface area contributed by atoms with E-state index in [-0.39, 0.29) is 17.4 Å². The highest BCUT2D eigenvalue weighted by Crippen LogP contribution is 2.28. The summed E-state index contributed by atoms with van der Waals surface area (Å²) < 4.78 is 14.2. The lowest BCUT2D eigenvalue weighted by molar-refractivity contribution is 0.102. The number of aliphatic hydroxyl groups is 1. The molecule has 0 bridgehead atoms. The Hall–Kier alpha value is -3.43. The summed E-state index contributed by atoms with van der Waals surface area (Å²) >= 11 is 0. The van der Waals surface area contributed by atoms with Crippen LogP contribution in [0.1, 0.15) is 16.9 Å². The number of anilines is 2. The molecule has 0 aliphatic carbocycles. The Balaban J connectivity index is 1.58. The van der Waals surface area contributed by atoms with Gasteiger partial charge in [-0.25, -0.2) is 9.37 Å². The zero-order chi connectivity index (χ0) is 21.1. The molecule has 0 aromatic carbocycles. The summed E-state index contributed by atoms with van der Waals surface area (Å²) in [6, 6.07) is 7.28. The van der Waals surface area contributed by atoms with Crippen LogP contribution in [0.5, 0.6) is 0 Å². The number of aromatic nitrogens is 3. The Morgan fingerprint density at radius 1 is 1.20 bits per heavy atom. The van der Waals surface area contributed by atoms with E-state index in [1.165, 1.54) is 24.5 Å². The van der Waals surface area contributed by atoms with E-state index >= 15 is 0 Å². The van der Waals surface area contributed by atoms with Gasteiger partial charge in [-0.2, -0.15) is 0 Å². The summed E-state index contributed by atoms with van der Waals surface area (Å²) in [4.78, 5) is 27.1. The predicted octanol–water partition coefficient (Wildman–Crippen LogP) is 1.83. The molecule has 1 aliphatic heterocycles. The SMILES string of the molecule is NC1CN(c2ccncc2NC(=O)c2ccc(F)c(-c3cccnc3)n2)CCC1O. The maximum Gasteiger partial charge on any atom is 0.274 e.